The number of ether oxygens (including phenoxy) is 1. The quantitative estimate of drug-likeness (QED) is 0.682. The average Bonchev–Trinajstić information content (AvgIpc) is 2.55. The highest BCUT2D eigenvalue weighted by Crippen LogP contribution is 2.13. The van der Waals surface area contributed by atoms with E-state index in [4.69, 9.17) is 4.74 Å². The third kappa shape index (κ3) is 4.41. The molecule has 0 unspecified atom stereocenters. The molecule has 0 aromatic heterocycles. The molecule has 0 aliphatic rings. The summed E-state index contributed by atoms with van der Waals surface area (Å²) in [4.78, 5) is 11.8. The highest BCUT2D eigenvalue weighted by molar-refractivity contribution is 5.99. The SMILES string of the molecule is COc1cccc(/C(C)=N/NC(=O)Cc2ccc(F)cc2)c1. The number of benzene rings is 2. The summed E-state index contributed by atoms with van der Waals surface area (Å²) in [6.07, 6.45) is 0.148. The maximum absolute atomic E-state index is 12.8. The van der Waals surface area contributed by atoms with Crippen molar-refractivity contribution in [1.82, 2.24) is 5.43 Å². The number of hydrazone groups is 1. The van der Waals surface area contributed by atoms with Crippen molar-refractivity contribution in [3.8, 4) is 5.75 Å². The highest BCUT2D eigenvalue weighted by atomic mass is 19.1. The Morgan fingerprint density at radius 2 is 1.95 bits per heavy atom. The Morgan fingerprint density at radius 1 is 1.23 bits per heavy atom. The van der Waals surface area contributed by atoms with E-state index in [2.05, 4.69) is 10.5 Å². The van der Waals surface area contributed by atoms with Crippen LogP contribution < -0.4 is 10.2 Å². The molecule has 2 rings (SSSR count). The van der Waals surface area contributed by atoms with E-state index >= 15 is 0 Å². The van der Waals surface area contributed by atoms with E-state index in [9.17, 15) is 9.18 Å². The van der Waals surface area contributed by atoms with Crippen LogP contribution in [-0.2, 0) is 11.2 Å². The van der Waals surface area contributed by atoms with Gasteiger partial charge in [-0.3, -0.25) is 4.79 Å². The number of nitrogens with zero attached hydrogens (tertiary/aromatic N) is 1. The smallest absolute Gasteiger partial charge is 0.244 e. The van der Waals surface area contributed by atoms with Gasteiger partial charge in [0.1, 0.15) is 11.6 Å². The van der Waals surface area contributed by atoms with Crippen molar-refractivity contribution >= 4 is 11.6 Å². The number of nitrogens with one attached hydrogen (secondary N) is 1. The van der Waals surface area contributed by atoms with Crippen LogP contribution >= 0.6 is 0 Å². The number of carbonyl (C=O) groups excluding carboxylic acids is 1. The first-order valence-corrected chi connectivity index (χ1v) is 6.80. The van der Waals surface area contributed by atoms with Gasteiger partial charge >= 0.3 is 0 Å². The molecule has 0 saturated carbocycles. The molecule has 1 N–H and O–H groups in total. The fourth-order valence-electron chi connectivity index (χ4n) is 1.89. The molecule has 114 valence electrons. The lowest BCUT2D eigenvalue weighted by Gasteiger charge is -2.05. The molecule has 0 aliphatic carbocycles. The van der Waals surface area contributed by atoms with Gasteiger partial charge in [-0.2, -0.15) is 5.10 Å². The number of halogens is 1. The van der Waals surface area contributed by atoms with Gasteiger partial charge in [-0.05, 0) is 36.8 Å². The summed E-state index contributed by atoms with van der Waals surface area (Å²) in [5.74, 6) is 0.148. The second-order valence-corrected chi connectivity index (χ2v) is 4.77. The van der Waals surface area contributed by atoms with Crippen molar-refractivity contribution in [3.05, 3.63) is 65.5 Å². The van der Waals surface area contributed by atoms with Crippen molar-refractivity contribution < 1.29 is 13.9 Å². The number of rotatable bonds is 5. The van der Waals surface area contributed by atoms with Crippen LogP contribution in [-0.4, -0.2) is 18.7 Å². The van der Waals surface area contributed by atoms with Crippen LogP contribution in [0.1, 0.15) is 18.1 Å². The Kier molecular flexibility index (Phi) is 5.25. The molecule has 0 radical (unpaired) electrons. The molecule has 22 heavy (non-hydrogen) atoms. The maximum atomic E-state index is 12.8. The lowest BCUT2D eigenvalue weighted by molar-refractivity contribution is -0.120. The zero-order valence-corrected chi connectivity index (χ0v) is 12.5. The standard InChI is InChI=1S/C17H17FN2O2/c1-12(14-4-3-5-16(11-14)22-2)19-20-17(21)10-13-6-8-15(18)9-7-13/h3-9,11H,10H2,1-2H3,(H,20,21)/b19-12+. The van der Waals surface area contributed by atoms with E-state index in [1.807, 2.05) is 24.3 Å². The van der Waals surface area contributed by atoms with Gasteiger partial charge < -0.3 is 4.74 Å². The number of hydrogen-bond donors (Lipinski definition) is 1. The molecule has 4 nitrogen and oxygen atoms in total. The molecule has 2 aromatic carbocycles. The Balaban J connectivity index is 1.97. The van der Waals surface area contributed by atoms with Crippen molar-refractivity contribution in [2.45, 2.75) is 13.3 Å². The van der Waals surface area contributed by atoms with E-state index in [0.717, 1.165) is 16.9 Å². The summed E-state index contributed by atoms with van der Waals surface area (Å²) in [6, 6.07) is 13.2. The molecule has 0 spiro atoms. The zero-order valence-electron chi connectivity index (χ0n) is 12.5. The van der Waals surface area contributed by atoms with Crippen LogP contribution in [0.3, 0.4) is 0 Å². The Bertz CT molecular complexity index is 681. The molecule has 0 fully saturated rings. The number of carbonyl (C=O) groups is 1. The number of methoxy groups -OCH3 is 1. The molecular weight excluding hydrogens is 283 g/mol. The van der Waals surface area contributed by atoms with Crippen LogP contribution in [0.15, 0.2) is 53.6 Å². The molecule has 0 bridgehead atoms. The summed E-state index contributed by atoms with van der Waals surface area (Å²) < 4.78 is 17.9. The lowest BCUT2D eigenvalue weighted by Crippen LogP contribution is -2.21. The van der Waals surface area contributed by atoms with Crippen molar-refractivity contribution in [3.63, 3.8) is 0 Å². The normalized spacial score (nSPS) is 11.1. The summed E-state index contributed by atoms with van der Waals surface area (Å²) in [6.45, 7) is 1.80. The lowest BCUT2D eigenvalue weighted by atomic mass is 10.1. The first kappa shape index (κ1) is 15.7. The maximum Gasteiger partial charge on any atom is 0.244 e. The Morgan fingerprint density at radius 3 is 2.64 bits per heavy atom. The summed E-state index contributed by atoms with van der Waals surface area (Å²) in [5, 5.41) is 4.07. The molecule has 5 heteroatoms. The van der Waals surface area contributed by atoms with Crippen molar-refractivity contribution in [2.24, 2.45) is 5.10 Å². The van der Waals surface area contributed by atoms with Gasteiger partial charge in [0, 0.05) is 5.56 Å². The molecule has 1 amide bonds. The van der Waals surface area contributed by atoms with E-state index in [1.54, 1.807) is 26.2 Å². The molecule has 0 heterocycles. The van der Waals surface area contributed by atoms with Gasteiger partial charge in [-0.1, -0.05) is 24.3 Å². The second-order valence-electron chi connectivity index (χ2n) is 4.77. The third-order valence-corrected chi connectivity index (χ3v) is 3.11. The minimum Gasteiger partial charge on any atom is -0.497 e. The second kappa shape index (κ2) is 7.36. The van der Waals surface area contributed by atoms with E-state index in [-0.39, 0.29) is 18.1 Å². The molecule has 0 atom stereocenters. The predicted molar refractivity (Wildman–Crippen MR) is 83.5 cm³/mol. The van der Waals surface area contributed by atoms with Gasteiger partial charge in [0.2, 0.25) is 5.91 Å². The van der Waals surface area contributed by atoms with E-state index in [0.29, 0.717) is 5.71 Å². The fraction of sp³-hybridized carbons (Fsp3) is 0.176. The van der Waals surface area contributed by atoms with Gasteiger partial charge in [-0.15, -0.1) is 0 Å². The van der Waals surface area contributed by atoms with Gasteiger partial charge in [0.05, 0.1) is 19.2 Å². The summed E-state index contributed by atoms with van der Waals surface area (Å²) >= 11 is 0. The van der Waals surface area contributed by atoms with Crippen LogP contribution in [0.4, 0.5) is 4.39 Å². The predicted octanol–water partition coefficient (Wildman–Crippen LogP) is 2.92. The monoisotopic (exact) mass is 300 g/mol. The van der Waals surface area contributed by atoms with E-state index in [1.165, 1.54) is 12.1 Å². The zero-order chi connectivity index (χ0) is 15.9. The summed E-state index contributed by atoms with van der Waals surface area (Å²) in [7, 11) is 1.59. The molecular formula is C17H17FN2O2. The van der Waals surface area contributed by atoms with Crippen LogP contribution in [0, 0.1) is 5.82 Å². The van der Waals surface area contributed by atoms with Crippen LogP contribution in [0.2, 0.25) is 0 Å². The third-order valence-electron chi connectivity index (χ3n) is 3.11. The first-order chi connectivity index (χ1) is 10.6. The van der Waals surface area contributed by atoms with Gasteiger partial charge in [0.15, 0.2) is 0 Å². The van der Waals surface area contributed by atoms with Gasteiger partial charge in [-0.25, -0.2) is 9.82 Å². The Labute approximate surface area is 128 Å². The number of amides is 1. The molecule has 0 saturated heterocycles. The highest BCUT2D eigenvalue weighted by Gasteiger charge is 2.04. The van der Waals surface area contributed by atoms with Crippen LogP contribution in [0.25, 0.3) is 0 Å². The topological polar surface area (TPSA) is 50.7 Å². The van der Waals surface area contributed by atoms with E-state index < -0.39 is 0 Å². The average molecular weight is 300 g/mol. The van der Waals surface area contributed by atoms with Crippen molar-refractivity contribution in [2.75, 3.05) is 7.11 Å². The van der Waals surface area contributed by atoms with Crippen LogP contribution in [0.5, 0.6) is 5.75 Å². The largest absolute Gasteiger partial charge is 0.497 e. The minimum absolute atomic E-state index is 0.148. The summed E-state index contributed by atoms with van der Waals surface area (Å²) in [5.41, 5.74) is 4.76. The fourth-order valence-corrected chi connectivity index (χ4v) is 1.89. The van der Waals surface area contributed by atoms with Crippen molar-refractivity contribution in [1.29, 1.82) is 0 Å². The number of hydrogen-bond acceptors (Lipinski definition) is 3. The molecule has 0 aliphatic heterocycles. The minimum atomic E-state index is -0.323. The molecule has 2 aromatic rings. The first-order valence-electron chi connectivity index (χ1n) is 6.80. The Hall–Kier alpha value is -2.69. The van der Waals surface area contributed by atoms with Gasteiger partial charge in [0.25, 0.3) is 0 Å².